The van der Waals surface area contributed by atoms with E-state index in [0.29, 0.717) is 23.3 Å². The Labute approximate surface area is 118 Å². The lowest BCUT2D eigenvalue weighted by Gasteiger charge is -2.32. The van der Waals surface area contributed by atoms with Crippen molar-refractivity contribution in [2.24, 2.45) is 10.9 Å². The van der Waals surface area contributed by atoms with Crippen LogP contribution in [-0.4, -0.2) is 52.6 Å². The SMILES string of the molecule is N/C(=N/O)C1CN(C(=O)c2ncccc2Br)CCO1. The van der Waals surface area contributed by atoms with Crippen LogP contribution in [0.2, 0.25) is 0 Å². The smallest absolute Gasteiger partial charge is 0.273 e. The van der Waals surface area contributed by atoms with Crippen LogP contribution < -0.4 is 5.73 Å². The van der Waals surface area contributed by atoms with E-state index in [-0.39, 0.29) is 18.3 Å². The molecule has 1 unspecified atom stereocenters. The molecule has 102 valence electrons. The molecule has 0 radical (unpaired) electrons. The fraction of sp³-hybridized carbons (Fsp3) is 0.364. The highest BCUT2D eigenvalue weighted by atomic mass is 79.9. The van der Waals surface area contributed by atoms with Gasteiger partial charge in [-0.15, -0.1) is 0 Å². The van der Waals surface area contributed by atoms with Gasteiger partial charge in [0.05, 0.1) is 13.2 Å². The Morgan fingerprint density at radius 1 is 1.68 bits per heavy atom. The minimum Gasteiger partial charge on any atom is -0.409 e. The zero-order chi connectivity index (χ0) is 13.8. The number of hydrogen-bond acceptors (Lipinski definition) is 5. The van der Waals surface area contributed by atoms with Crippen molar-refractivity contribution in [1.29, 1.82) is 0 Å². The zero-order valence-corrected chi connectivity index (χ0v) is 11.6. The van der Waals surface area contributed by atoms with Crippen molar-refractivity contribution in [3.05, 3.63) is 28.5 Å². The van der Waals surface area contributed by atoms with E-state index >= 15 is 0 Å². The van der Waals surface area contributed by atoms with Crippen LogP contribution in [0, 0.1) is 0 Å². The Bertz CT molecular complexity index is 508. The predicted molar refractivity (Wildman–Crippen MR) is 71.0 cm³/mol. The Morgan fingerprint density at radius 2 is 2.47 bits per heavy atom. The highest BCUT2D eigenvalue weighted by Crippen LogP contribution is 2.17. The molecule has 1 aliphatic heterocycles. The van der Waals surface area contributed by atoms with Gasteiger partial charge < -0.3 is 20.6 Å². The summed E-state index contributed by atoms with van der Waals surface area (Å²) in [7, 11) is 0. The largest absolute Gasteiger partial charge is 0.409 e. The molecule has 3 N–H and O–H groups in total. The number of oxime groups is 1. The first-order valence-electron chi connectivity index (χ1n) is 5.62. The number of hydrogen-bond donors (Lipinski definition) is 2. The van der Waals surface area contributed by atoms with E-state index in [1.54, 1.807) is 23.2 Å². The molecule has 1 atom stereocenters. The fourth-order valence-corrected chi connectivity index (χ4v) is 2.19. The van der Waals surface area contributed by atoms with Crippen molar-refractivity contribution >= 4 is 27.7 Å². The average Bonchev–Trinajstić information content (AvgIpc) is 2.46. The van der Waals surface area contributed by atoms with Gasteiger partial charge in [-0.05, 0) is 28.1 Å². The quantitative estimate of drug-likeness (QED) is 0.355. The van der Waals surface area contributed by atoms with Gasteiger partial charge in [-0.3, -0.25) is 4.79 Å². The van der Waals surface area contributed by atoms with Crippen LogP contribution in [0.15, 0.2) is 28.0 Å². The minimum absolute atomic E-state index is 0.0439. The van der Waals surface area contributed by atoms with Gasteiger partial charge in [0.2, 0.25) is 0 Å². The second-order valence-electron chi connectivity index (χ2n) is 3.97. The zero-order valence-electron chi connectivity index (χ0n) is 9.99. The van der Waals surface area contributed by atoms with Gasteiger partial charge in [-0.2, -0.15) is 0 Å². The lowest BCUT2D eigenvalue weighted by molar-refractivity contribution is 0.00643. The Morgan fingerprint density at radius 3 is 3.16 bits per heavy atom. The van der Waals surface area contributed by atoms with E-state index in [4.69, 9.17) is 15.7 Å². The molecule has 1 fully saturated rings. The molecule has 7 nitrogen and oxygen atoms in total. The van der Waals surface area contributed by atoms with Crippen molar-refractivity contribution in [2.75, 3.05) is 19.7 Å². The van der Waals surface area contributed by atoms with Gasteiger partial charge in [0.1, 0.15) is 11.8 Å². The number of aromatic nitrogens is 1. The van der Waals surface area contributed by atoms with Gasteiger partial charge >= 0.3 is 0 Å². The number of morpholine rings is 1. The lowest BCUT2D eigenvalue weighted by atomic mass is 10.2. The van der Waals surface area contributed by atoms with Crippen molar-refractivity contribution in [1.82, 2.24) is 9.88 Å². The predicted octanol–water partition coefficient (Wildman–Crippen LogP) is 0.432. The van der Waals surface area contributed by atoms with Crippen LogP contribution >= 0.6 is 15.9 Å². The van der Waals surface area contributed by atoms with Crippen LogP contribution in [0.5, 0.6) is 0 Å². The molecule has 0 aliphatic carbocycles. The van der Waals surface area contributed by atoms with Crippen LogP contribution in [0.4, 0.5) is 0 Å². The van der Waals surface area contributed by atoms with E-state index in [1.807, 2.05) is 0 Å². The summed E-state index contributed by atoms with van der Waals surface area (Å²) in [5.74, 6) is -0.260. The fourth-order valence-electron chi connectivity index (χ4n) is 1.77. The second kappa shape index (κ2) is 5.98. The Kier molecular flexibility index (Phi) is 4.33. The molecule has 1 aliphatic rings. The molecule has 19 heavy (non-hydrogen) atoms. The molecule has 0 spiro atoms. The van der Waals surface area contributed by atoms with Crippen molar-refractivity contribution in [3.63, 3.8) is 0 Å². The van der Waals surface area contributed by atoms with Gasteiger partial charge in [0.25, 0.3) is 5.91 Å². The summed E-state index contributed by atoms with van der Waals surface area (Å²) in [5.41, 5.74) is 5.83. The molecule has 1 aromatic heterocycles. The summed E-state index contributed by atoms with van der Waals surface area (Å²) in [5, 5.41) is 11.5. The molecule has 0 aromatic carbocycles. The third-order valence-electron chi connectivity index (χ3n) is 2.76. The molecule has 1 amide bonds. The van der Waals surface area contributed by atoms with Crippen molar-refractivity contribution in [3.8, 4) is 0 Å². The number of carbonyl (C=O) groups excluding carboxylic acids is 1. The van der Waals surface area contributed by atoms with E-state index in [1.165, 1.54) is 0 Å². The van der Waals surface area contributed by atoms with E-state index in [0.717, 1.165) is 0 Å². The first-order valence-corrected chi connectivity index (χ1v) is 6.41. The summed E-state index contributed by atoms with van der Waals surface area (Å²) >= 11 is 3.29. The number of pyridine rings is 1. The first-order chi connectivity index (χ1) is 9.13. The maximum atomic E-state index is 12.3. The number of halogens is 1. The summed E-state index contributed by atoms with van der Waals surface area (Å²) in [4.78, 5) is 17.9. The Hall–Kier alpha value is -1.67. The maximum absolute atomic E-state index is 12.3. The van der Waals surface area contributed by atoms with Gasteiger partial charge in [0, 0.05) is 17.2 Å². The number of carbonyl (C=O) groups is 1. The highest BCUT2D eigenvalue weighted by Gasteiger charge is 2.28. The first kappa shape index (κ1) is 13.8. The summed E-state index contributed by atoms with van der Waals surface area (Å²) in [6.45, 7) is 1.01. The topological polar surface area (TPSA) is 101 Å². The molecule has 1 saturated heterocycles. The number of nitrogens with two attached hydrogens (primary N) is 1. The number of ether oxygens (including phenoxy) is 1. The third-order valence-corrected chi connectivity index (χ3v) is 3.40. The molecule has 2 rings (SSSR count). The molecule has 1 aromatic rings. The molecule has 0 bridgehead atoms. The van der Waals surface area contributed by atoms with Crippen LogP contribution in [0.25, 0.3) is 0 Å². The van der Waals surface area contributed by atoms with Crippen molar-refractivity contribution in [2.45, 2.75) is 6.10 Å². The average molecular weight is 329 g/mol. The van der Waals surface area contributed by atoms with E-state index in [9.17, 15) is 4.79 Å². The standard InChI is InChI=1S/C11H13BrN4O3/c12-7-2-1-3-14-9(7)11(17)16-4-5-19-8(6-16)10(13)15-18/h1-3,8,18H,4-6H2,(H2,13,15). The minimum atomic E-state index is -0.592. The molecule has 2 heterocycles. The monoisotopic (exact) mass is 328 g/mol. The number of rotatable bonds is 2. The second-order valence-corrected chi connectivity index (χ2v) is 4.82. The van der Waals surface area contributed by atoms with Gasteiger partial charge in [-0.1, -0.05) is 5.16 Å². The highest BCUT2D eigenvalue weighted by molar-refractivity contribution is 9.10. The molecular weight excluding hydrogens is 316 g/mol. The van der Waals surface area contributed by atoms with E-state index < -0.39 is 6.10 Å². The van der Waals surface area contributed by atoms with Crippen molar-refractivity contribution < 1.29 is 14.7 Å². The van der Waals surface area contributed by atoms with Crippen LogP contribution in [0.3, 0.4) is 0 Å². The summed E-state index contributed by atoms with van der Waals surface area (Å²) in [6, 6.07) is 3.49. The molecule has 8 heteroatoms. The molecule has 0 saturated carbocycles. The number of amidine groups is 1. The normalized spacial score (nSPS) is 20.4. The van der Waals surface area contributed by atoms with Crippen LogP contribution in [-0.2, 0) is 4.74 Å². The van der Waals surface area contributed by atoms with E-state index in [2.05, 4.69) is 26.1 Å². The number of nitrogens with zero attached hydrogens (tertiary/aromatic N) is 3. The van der Waals surface area contributed by atoms with Crippen LogP contribution in [0.1, 0.15) is 10.5 Å². The molecular formula is C11H13BrN4O3. The summed E-state index contributed by atoms with van der Waals surface area (Å²) < 4.78 is 5.97. The Balaban J connectivity index is 2.14. The third kappa shape index (κ3) is 3.02. The van der Waals surface area contributed by atoms with Gasteiger partial charge in [-0.25, -0.2) is 4.98 Å². The lowest BCUT2D eigenvalue weighted by Crippen LogP contribution is -2.50. The summed E-state index contributed by atoms with van der Waals surface area (Å²) in [6.07, 6.45) is 0.963. The number of amides is 1. The van der Waals surface area contributed by atoms with Gasteiger partial charge in [0.15, 0.2) is 5.84 Å². The maximum Gasteiger partial charge on any atom is 0.273 e.